The normalized spacial score (nSPS) is 24.4. The fraction of sp³-hybridized carbons (Fsp3) is 0.545. The van der Waals surface area contributed by atoms with Crippen molar-refractivity contribution in [2.75, 3.05) is 45.4 Å². The zero-order valence-corrected chi connectivity index (χ0v) is 17.5. The van der Waals surface area contributed by atoms with Gasteiger partial charge in [0.2, 0.25) is 11.9 Å². The molecule has 1 aromatic heterocycles. The summed E-state index contributed by atoms with van der Waals surface area (Å²) in [5.74, 6) is 2.57. The number of benzene rings is 1. The molecule has 1 N–H and O–H groups in total. The molecule has 3 aliphatic rings. The Labute approximate surface area is 172 Å². The molecule has 0 saturated carbocycles. The summed E-state index contributed by atoms with van der Waals surface area (Å²) in [6.07, 6.45) is 9.45. The molecule has 1 aromatic carbocycles. The van der Waals surface area contributed by atoms with Crippen LogP contribution in [0.3, 0.4) is 0 Å². The van der Waals surface area contributed by atoms with Crippen LogP contribution in [-0.4, -0.2) is 65.8 Å². The van der Waals surface area contributed by atoms with E-state index >= 15 is 0 Å². The number of anilines is 1. The number of nitrogens with zero attached hydrogens (tertiary/aromatic N) is 6. The molecule has 7 nitrogen and oxygen atoms in total. The third kappa shape index (κ3) is 3.53. The predicted octanol–water partition coefficient (Wildman–Crippen LogP) is 2.84. The molecule has 0 radical (unpaired) electrons. The predicted molar refractivity (Wildman–Crippen MR) is 118 cm³/mol. The monoisotopic (exact) mass is 393 g/mol. The van der Waals surface area contributed by atoms with Crippen LogP contribution in [0.4, 0.5) is 5.95 Å². The first-order valence-electron chi connectivity index (χ1n) is 10.8. The molecule has 29 heavy (non-hydrogen) atoms. The number of guanidine groups is 1. The van der Waals surface area contributed by atoms with Gasteiger partial charge in [-0.25, -0.2) is 9.98 Å². The Balaban J connectivity index is 1.47. The molecule has 2 aromatic rings. The molecule has 0 unspecified atom stereocenters. The van der Waals surface area contributed by atoms with Crippen LogP contribution in [-0.2, 0) is 0 Å². The SMILES string of the molecule is CN(C)CCCN1CN=C2N[C@H]([C@H]3CC=CCC3)n3c(nc4ccccc43)N2C1. The molecule has 0 spiro atoms. The maximum atomic E-state index is 5.04. The van der Waals surface area contributed by atoms with Crippen LogP contribution < -0.4 is 10.2 Å². The molecular weight excluding hydrogens is 362 g/mol. The minimum absolute atomic E-state index is 0.206. The van der Waals surface area contributed by atoms with Crippen molar-refractivity contribution in [1.29, 1.82) is 0 Å². The summed E-state index contributed by atoms with van der Waals surface area (Å²) in [6, 6.07) is 8.50. The van der Waals surface area contributed by atoms with E-state index in [9.17, 15) is 0 Å². The highest BCUT2D eigenvalue weighted by atomic mass is 15.5. The Morgan fingerprint density at radius 2 is 2.10 bits per heavy atom. The number of allylic oxidation sites excluding steroid dienone is 2. The third-order valence-corrected chi connectivity index (χ3v) is 6.23. The van der Waals surface area contributed by atoms with Gasteiger partial charge in [-0.2, -0.15) is 0 Å². The van der Waals surface area contributed by atoms with Gasteiger partial charge < -0.3 is 10.2 Å². The van der Waals surface area contributed by atoms with Gasteiger partial charge in [0.05, 0.1) is 24.4 Å². The molecular formula is C22H31N7. The minimum atomic E-state index is 0.206. The summed E-state index contributed by atoms with van der Waals surface area (Å²) >= 11 is 0. The van der Waals surface area contributed by atoms with Gasteiger partial charge in [0, 0.05) is 12.5 Å². The molecule has 154 valence electrons. The Morgan fingerprint density at radius 3 is 2.93 bits per heavy atom. The van der Waals surface area contributed by atoms with E-state index in [2.05, 4.69) is 75.1 Å². The molecule has 2 atom stereocenters. The van der Waals surface area contributed by atoms with Crippen molar-refractivity contribution >= 4 is 22.9 Å². The number of imidazole rings is 1. The van der Waals surface area contributed by atoms with Crippen LogP contribution in [0.5, 0.6) is 0 Å². The topological polar surface area (TPSA) is 51.9 Å². The molecule has 3 heterocycles. The highest BCUT2D eigenvalue weighted by Gasteiger charge is 2.38. The van der Waals surface area contributed by atoms with Gasteiger partial charge in [0.15, 0.2) is 0 Å². The van der Waals surface area contributed by atoms with E-state index in [1.807, 2.05) is 0 Å². The molecule has 2 aliphatic heterocycles. The lowest BCUT2D eigenvalue weighted by Crippen LogP contribution is -2.58. The maximum Gasteiger partial charge on any atom is 0.216 e. The quantitative estimate of drug-likeness (QED) is 0.792. The summed E-state index contributed by atoms with van der Waals surface area (Å²) in [4.78, 5) is 16.9. The zero-order valence-electron chi connectivity index (χ0n) is 17.5. The van der Waals surface area contributed by atoms with Crippen LogP contribution >= 0.6 is 0 Å². The lowest BCUT2D eigenvalue weighted by Gasteiger charge is -2.44. The second-order valence-electron chi connectivity index (χ2n) is 8.65. The molecule has 7 heteroatoms. The minimum Gasteiger partial charge on any atom is -0.335 e. The first kappa shape index (κ1) is 18.6. The van der Waals surface area contributed by atoms with Crippen LogP contribution in [0, 0.1) is 5.92 Å². The van der Waals surface area contributed by atoms with Crippen molar-refractivity contribution < 1.29 is 0 Å². The summed E-state index contributed by atoms with van der Waals surface area (Å²) < 4.78 is 2.42. The molecule has 0 amide bonds. The lowest BCUT2D eigenvalue weighted by atomic mass is 9.91. The number of hydrogen-bond donors (Lipinski definition) is 1. The summed E-state index contributed by atoms with van der Waals surface area (Å²) in [7, 11) is 4.26. The average Bonchev–Trinajstić information content (AvgIpc) is 3.14. The average molecular weight is 394 g/mol. The van der Waals surface area contributed by atoms with Crippen LogP contribution in [0.15, 0.2) is 41.4 Å². The van der Waals surface area contributed by atoms with Crippen molar-refractivity contribution in [1.82, 2.24) is 24.7 Å². The van der Waals surface area contributed by atoms with E-state index in [-0.39, 0.29) is 6.17 Å². The van der Waals surface area contributed by atoms with E-state index in [4.69, 9.17) is 9.98 Å². The third-order valence-electron chi connectivity index (χ3n) is 6.23. The lowest BCUT2D eigenvalue weighted by molar-refractivity contribution is 0.238. The van der Waals surface area contributed by atoms with Crippen LogP contribution in [0.2, 0.25) is 0 Å². The van der Waals surface area contributed by atoms with E-state index in [1.54, 1.807) is 0 Å². The van der Waals surface area contributed by atoms with Gasteiger partial charge in [-0.3, -0.25) is 14.4 Å². The van der Waals surface area contributed by atoms with E-state index in [0.29, 0.717) is 5.92 Å². The fourth-order valence-electron chi connectivity index (χ4n) is 4.72. The van der Waals surface area contributed by atoms with E-state index in [1.165, 1.54) is 11.9 Å². The number of fused-ring (bicyclic) bond motifs is 5. The standard InChI is InChI=1S/C22H31N7/c1-26(2)13-8-14-27-15-23-21-25-20(17-9-4-3-5-10-17)29-19-12-7-6-11-18(19)24-22(29)28(21)16-27/h3-4,6-7,11-12,17,20H,5,8-10,13-16H2,1-2H3,(H,23,25)/t17-,20-/m0/s1. The molecule has 5 rings (SSSR count). The molecule has 0 fully saturated rings. The number of para-hydroxylation sites is 2. The second-order valence-corrected chi connectivity index (χ2v) is 8.65. The Bertz CT molecular complexity index is 928. The molecule has 0 saturated heterocycles. The number of hydrogen-bond acceptors (Lipinski definition) is 6. The van der Waals surface area contributed by atoms with Gasteiger partial charge in [-0.05, 0) is 58.5 Å². The Hall–Kier alpha value is -2.38. The highest BCUT2D eigenvalue weighted by Crippen LogP contribution is 2.37. The van der Waals surface area contributed by atoms with E-state index < -0.39 is 0 Å². The van der Waals surface area contributed by atoms with Gasteiger partial charge >= 0.3 is 0 Å². The first-order chi connectivity index (χ1) is 14.2. The Morgan fingerprint density at radius 1 is 1.21 bits per heavy atom. The van der Waals surface area contributed by atoms with Gasteiger partial charge in [0.25, 0.3) is 0 Å². The maximum absolute atomic E-state index is 5.04. The molecule has 1 aliphatic carbocycles. The van der Waals surface area contributed by atoms with Crippen LogP contribution in [0.25, 0.3) is 11.0 Å². The fourth-order valence-corrected chi connectivity index (χ4v) is 4.72. The van der Waals surface area contributed by atoms with Gasteiger partial charge in [-0.1, -0.05) is 24.3 Å². The molecule has 0 bridgehead atoms. The first-order valence-corrected chi connectivity index (χ1v) is 10.8. The number of rotatable bonds is 5. The van der Waals surface area contributed by atoms with Gasteiger partial charge in [0.1, 0.15) is 6.17 Å². The van der Waals surface area contributed by atoms with Crippen LogP contribution in [0.1, 0.15) is 31.8 Å². The summed E-state index contributed by atoms with van der Waals surface area (Å²) in [6.45, 7) is 3.73. The van der Waals surface area contributed by atoms with E-state index in [0.717, 1.165) is 63.1 Å². The van der Waals surface area contributed by atoms with Crippen molar-refractivity contribution in [2.24, 2.45) is 10.9 Å². The number of aliphatic imine (C=N–C) groups is 1. The summed E-state index contributed by atoms with van der Waals surface area (Å²) in [5.41, 5.74) is 2.27. The second kappa shape index (κ2) is 7.80. The number of nitrogens with one attached hydrogen (secondary N) is 1. The number of aromatic nitrogens is 2. The van der Waals surface area contributed by atoms with Crippen molar-refractivity contribution in [3.05, 3.63) is 36.4 Å². The van der Waals surface area contributed by atoms with Gasteiger partial charge in [-0.15, -0.1) is 0 Å². The summed E-state index contributed by atoms with van der Waals surface area (Å²) in [5, 5.41) is 3.78. The Kier molecular flexibility index (Phi) is 5.01. The smallest absolute Gasteiger partial charge is 0.216 e. The van der Waals surface area contributed by atoms with Crippen molar-refractivity contribution in [3.8, 4) is 0 Å². The van der Waals surface area contributed by atoms with Crippen molar-refractivity contribution in [2.45, 2.75) is 31.8 Å². The van der Waals surface area contributed by atoms with Crippen molar-refractivity contribution in [3.63, 3.8) is 0 Å². The zero-order chi connectivity index (χ0) is 19.8. The largest absolute Gasteiger partial charge is 0.335 e. The highest BCUT2D eigenvalue weighted by molar-refractivity contribution is 5.98.